The van der Waals surface area contributed by atoms with E-state index in [9.17, 15) is 0 Å². The molecule has 19 heavy (non-hydrogen) atoms. The number of nitrogens with one attached hydrogen (secondary N) is 1. The van der Waals surface area contributed by atoms with Crippen molar-refractivity contribution in [3.8, 4) is 0 Å². The van der Waals surface area contributed by atoms with Gasteiger partial charge < -0.3 is 5.32 Å². The highest BCUT2D eigenvalue weighted by Crippen LogP contribution is 2.32. The zero-order valence-corrected chi connectivity index (χ0v) is 14.1. The van der Waals surface area contributed by atoms with Gasteiger partial charge in [0.05, 0.1) is 6.04 Å². The first-order valence-corrected chi connectivity index (χ1v) is 8.34. The standard InChI is InChI=1S/C16H20BrNS/c1-4-8-18-16(13-9-12(3)19-10-13)14-7-5-6-11(2)15(14)17/h5-7,9-10,16,18H,4,8H2,1-3H3. The van der Waals surface area contributed by atoms with E-state index in [4.69, 9.17) is 0 Å². The molecular formula is C16H20BrNS. The van der Waals surface area contributed by atoms with Crippen LogP contribution in [0.1, 0.15) is 41.0 Å². The molecule has 1 nitrogen and oxygen atoms in total. The Labute approximate surface area is 128 Å². The van der Waals surface area contributed by atoms with Crippen LogP contribution < -0.4 is 5.32 Å². The topological polar surface area (TPSA) is 12.0 Å². The summed E-state index contributed by atoms with van der Waals surface area (Å²) in [5, 5.41) is 5.92. The molecule has 2 rings (SSSR count). The second-order valence-electron chi connectivity index (χ2n) is 4.86. The number of hydrogen-bond acceptors (Lipinski definition) is 2. The number of rotatable bonds is 5. The molecular weight excluding hydrogens is 318 g/mol. The Hall–Kier alpha value is -0.640. The fourth-order valence-corrected chi connectivity index (χ4v) is 3.43. The molecule has 1 aromatic heterocycles. The zero-order chi connectivity index (χ0) is 13.8. The molecule has 1 atom stereocenters. The maximum absolute atomic E-state index is 3.74. The molecule has 0 spiro atoms. The van der Waals surface area contributed by atoms with Crippen LogP contribution in [-0.4, -0.2) is 6.54 Å². The first-order chi connectivity index (χ1) is 9.13. The van der Waals surface area contributed by atoms with Crippen molar-refractivity contribution in [2.75, 3.05) is 6.54 Å². The maximum atomic E-state index is 3.74. The largest absolute Gasteiger partial charge is 0.306 e. The summed E-state index contributed by atoms with van der Waals surface area (Å²) in [6, 6.07) is 9.04. The van der Waals surface area contributed by atoms with Gasteiger partial charge in [0.25, 0.3) is 0 Å². The number of hydrogen-bond donors (Lipinski definition) is 1. The van der Waals surface area contributed by atoms with E-state index in [0.29, 0.717) is 0 Å². The normalized spacial score (nSPS) is 12.6. The molecule has 0 saturated carbocycles. The van der Waals surface area contributed by atoms with E-state index in [-0.39, 0.29) is 6.04 Å². The van der Waals surface area contributed by atoms with Gasteiger partial charge in [0.1, 0.15) is 0 Å². The maximum Gasteiger partial charge on any atom is 0.0596 e. The van der Waals surface area contributed by atoms with Gasteiger partial charge in [-0.2, -0.15) is 0 Å². The van der Waals surface area contributed by atoms with E-state index < -0.39 is 0 Å². The monoisotopic (exact) mass is 337 g/mol. The smallest absolute Gasteiger partial charge is 0.0596 e. The van der Waals surface area contributed by atoms with Crippen molar-refractivity contribution >= 4 is 27.3 Å². The molecule has 2 aromatic rings. The van der Waals surface area contributed by atoms with Gasteiger partial charge in [-0.25, -0.2) is 0 Å². The van der Waals surface area contributed by atoms with E-state index in [2.05, 4.69) is 71.7 Å². The van der Waals surface area contributed by atoms with Gasteiger partial charge in [0.15, 0.2) is 0 Å². The van der Waals surface area contributed by atoms with Crippen molar-refractivity contribution in [2.24, 2.45) is 0 Å². The Balaban J connectivity index is 2.39. The molecule has 1 heterocycles. The van der Waals surface area contributed by atoms with Crippen molar-refractivity contribution in [2.45, 2.75) is 33.2 Å². The molecule has 1 N–H and O–H groups in total. The van der Waals surface area contributed by atoms with E-state index in [0.717, 1.165) is 13.0 Å². The second kappa shape index (κ2) is 6.69. The van der Waals surface area contributed by atoms with Crippen LogP contribution in [0.2, 0.25) is 0 Å². The predicted molar refractivity (Wildman–Crippen MR) is 88.1 cm³/mol. The van der Waals surface area contributed by atoms with Crippen LogP contribution in [0.25, 0.3) is 0 Å². The van der Waals surface area contributed by atoms with Crippen molar-refractivity contribution in [1.29, 1.82) is 0 Å². The van der Waals surface area contributed by atoms with Gasteiger partial charge in [0, 0.05) is 9.35 Å². The molecule has 0 amide bonds. The Morgan fingerprint density at radius 1 is 1.32 bits per heavy atom. The molecule has 0 radical (unpaired) electrons. The third kappa shape index (κ3) is 3.47. The first kappa shape index (κ1) is 14.8. The lowest BCUT2D eigenvalue weighted by molar-refractivity contribution is 0.598. The SMILES string of the molecule is CCCNC(c1csc(C)c1)c1cccc(C)c1Br. The number of benzene rings is 1. The first-order valence-electron chi connectivity index (χ1n) is 6.67. The third-order valence-corrected chi connectivity index (χ3v) is 5.18. The lowest BCUT2D eigenvalue weighted by atomic mass is 9.99. The Morgan fingerprint density at radius 3 is 2.74 bits per heavy atom. The summed E-state index contributed by atoms with van der Waals surface area (Å²) >= 11 is 5.56. The van der Waals surface area contributed by atoms with Crippen molar-refractivity contribution in [1.82, 2.24) is 5.32 Å². The van der Waals surface area contributed by atoms with Gasteiger partial charge in [-0.05, 0) is 54.9 Å². The molecule has 1 aromatic carbocycles. The Morgan fingerprint density at radius 2 is 2.11 bits per heavy atom. The van der Waals surface area contributed by atoms with Crippen LogP contribution in [0.4, 0.5) is 0 Å². The van der Waals surface area contributed by atoms with Crippen LogP contribution in [0.15, 0.2) is 34.1 Å². The van der Waals surface area contributed by atoms with E-state index in [1.54, 1.807) is 0 Å². The highest BCUT2D eigenvalue weighted by atomic mass is 79.9. The van der Waals surface area contributed by atoms with Gasteiger partial charge in [-0.1, -0.05) is 41.1 Å². The third-order valence-electron chi connectivity index (χ3n) is 3.22. The lowest BCUT2D eigenvalue weighted by Gasteiger charge is -2.20. The number of thiophene rings is 1. The molecule has 3 heteroatoms. The quantitative estimate of drug-likeness (QED) is 0.788. The molecule has 0 fully saturated rings. The zero-order valence-electron chi connectivity index (χ0n) is 11.7. The summed E-state index contributed by atoms with van der Waals surface area (Å²) in [5.41, 5.74) is 3.97. The van der Waals surface area contributed by atoms with Gasteiger partial charge in [0.2, 0.25) is 0 Å². The molecule has 0 aliphatic heterocycles. The summed E-state index contributed by atoms with van der Waals surface area (Å²) < 4.78 is 1.22. The van der Waals surface area contributed by atoms with Crippen molar-refractivity contribution < 1.29 is 0 Å². The highest BCUT2D eigenvalue weighted by Gasteiger charge is 2.17. The van der Waals surface area contributed by atoms with Crippen molar-refractivity contribution in [3.05, 3.63) is 55.7 Å². The number of aryl methyl sites for hydroxylation is 2. The van der Waals surface area contributed by atoms with Crippen LogP contribution in [0, 0.1) is 13.8 Å². The van der Waals surface area contributed by atoms with E-state index >= 15 is 0 Å². The Kier molecular flexibility index (Phi) is 5.20. The fourth-order valence-electron chi connectivity index (χ4n) is 2.20. The summed E-state index contributed by atoms with van der Waals surface area (Å²) in [7, 11) is 0. The number of halogens is 1. The van der Waals surface area contributed by atoms with E-state index in [1.165, 1.54) is 26.0 Å². The van der Waals surface area contributed by atoms with Crippen LogP contribution >= 0.6 is 27.3 Å². The molecule has 102 valence electrons. The molecule has 1 unspecified atom stereocenters. The molecule has 0 aliphatic carbocycles. The summed E-state index contributed by atoms with van der Waals surface area (Å²) in [6.07, 6.45) is 1.14. The van der Waals surface area contributed by atoms with Crippen LogP contribution in [-0.2, 0) is 0 Å². The lowest BCUT2D eigenvalue weighted by Crippen LogP contribution is -2.23. The average molecular weight is 338 g/mol. The summed E-state index contributed by atoms with van der Waals surface area (Å²) in [5.74, 6) is 0. The minimum absolute atomic E-state index is 0.277. The Bertz CT molecular complexity index is 547. The molecule has 0 bridgehead atoms. The van der Waals surface area contributed by atoms with E-state index in [1.807, 2.05) is 11.3 Å². The van der Waals surface area contributed by atoms with Gasteiger partial charge in [-0.3, -0.25) is 0 Å². The van der Waals surface area contributed by atoms with Crippen molar-refractivity contribution in [3.63, 3.8) is 0 Å². The fraction of sp³-hybridized carbons (Fsp3) is 0.375. The highest BCUT2D eigenvalue weighted by molar-refractivity contribution is 9.10. The van der Waals surface area contributed by atoms with Gasteiger partial charge in [-0.15, -0.1) is 11.3 Å². The summed E-state index contributed by atoms with van der Waals surface area (Å²) in [4.78, 5) is 1.36. The minimum Gasteiger partial charge on any atom is -0.306 e. The predicted octanol–water partition coefficient (Wildman–Crippen LogP) is 5.22. The second-order valence-corrected chi connectivity index (χ2v) is 6.76. The molecule has 0 aliphatic rings. The van der Waals surface area contributed by atoms with Crippen LogP contribution in [0.3, 0.4) is 0 Å². The van der Waals surface area contributed by atoms with Crippen LogP contribution in [0.5, 0.6) is 0 Å². The minimum atomic E-state index is 0.277. The molecule has 0 saturated heterocycles. The average Bonchev–Trinajstić information content (AvgIpc) is 2.81. The summed E-state index contributed by atoms with van der Waals surface area (Å²) in [6.45, 7) is 7.54. The van der Waals surface area contributed by atoms with Gasteiger partial charge >= 0.3 is 0 Å².